The van der Waals surface area contributed by atoms with Crippen LogP contribution in [0.25, 0.3) is 0 Å². The van der Waals surface area contributed by atoms with Crippen molar-refractivity contribution in [2.24, 2.45) is 0 Å². The van der Waals surface area contributed by atoms with E-state index in [0.717, 1.165) is 0 Å². The number of hydrogen-bond donors (Lipinski definition) is 1. The Morgan fingerprint density at radius 1 is 1.33 bits per heavy atom. The third-order valence-corrected chi connectivity index (χ3v) is 7.73. The number of carbonyl (C=O) groups is 1. The highest BCUT2D eigenvalue weighted by molar-refractivity contribution is 9.26. The molecule has 0 aromatic heterocycles. The smallest absolute Gasteiger partial charge is 0.314 e. The van der Waals surface area contributed by atoms with E-state index in [1.807, 2.05) is 12.1 Å². The summed E-state index contributed by atoms with van der Waals surface area (Å²) in [5.41, 5.74) is 1.25. The van der Waals surface area contributed by atoms with E-state index in [1.165, 1.54) is 31.1 Å². The molecule has 6 heteroatoms. The molecule has 1 aromatic rings. The van der Waals surface area contributed by atoms with Gasteiger partial charge < -0.3 is 5.11 Å². The molecule has 1 N–H and O–H groups in total. The minimum atomic E-state index is -0.769. The van der Waals surface area contributed by atoms with Crippen LogP contribution < -0.4 is 0 Å². The largest absolute Gasteiger partial charge is 0.481 e. The van der Waals surface area contributed by atoms with Crippen LogP contribution in [-0.4, -0.2) is 16.8 Å². The fourth-order valence-corrected chi connectivity index (χ4v) is 6.35. The van der Waals surface area contributed by atoms with Crippen molar-refractivity contribution in [1.29, 1.82) is 0 Å². The van der Waals surface area contributed by atoms with Crippen molar-refractivity contribution in [2.45, 2.75) is 11.8 Å². The van der Waals surface area contributed by atoms with Crippen molar-refractivity contribution < 1.29 is 9.90 Å². The first kappa shape index (κ1) is 13.2. The van der Waals surface area contributed by atoms with E-state index in [0.29, 0.717) is 0 Å². The molecular formula is C9H10O2S4. The van der Waals surface area contributed by atoms with Gasteiger partial charge in [-0.05, 0) is 49.0 Å². The van der Waals surface area contributed by atoms with Gasteiger partial charge in [0.1, 0.15) is 5.75 Å². The Labute approximate surface area is 104 Å². The monoisotopic (exact) mass is 278 g/mol. The lowest BCUT2D eigenvalue weighted by Crippen LogP contribution is -1.95. The number of aliphatic carboxylic acids is 1. The van der Waals surface area contributed by atoms with Gasteiger partial charge in [0.15, 0.2) is 0 Å². The van der Waals surface area contributed by atoms with Crippen LogP contribution in [-0.2, 0) is 4.79 Å². The molecule has 0 radical (unpaired) electrons. The summed E-state index contributed by atoms with van der Waals surface area (Å²) in [7, 11) is 6.11. The number of hydrogen-bond acceptors (Lipinski definition) is 5. The molecule has 0 aliphatic rings. The molecule has 0 spiro atoms. The van der Waals surface area contributed by atoms with Gasteiger partial charge in [0.2, 0.25) is 0 Å². The zero-order valence-corrected chi connectivity index (χ0v) is 11.3. The Morgan fingerprint density at radius 3 is 2.73 bits per heavy atom. The predicted molar refractivity (Wildman–Crippen MR) is 72.3 cm³/mol. The normalized spacial score (nSPS) is 10.2. The van der Waals surface area contributed by atoms with Gasteiger partial charge in [-0.1, -0.05) is 29.0 Å². The van der Waals surface area contributed by atoms with Gasteiger partial charge in [-0.3, -0.25) is 4.79 Å². The number of carboxylic acids is 1. The molecule has 1 aromatic carbocycles. The third-order valence-electron chi connectivity index (χ3n) is 1.48. The lowest BCUT2D eigenvalue weighted by atomic mass is 10.2. The summed E-state index contributed by atoms with van der Waals surface area (Å²) >= 11 is 0. The van der Waals surface area contributed by atoms with E-state index in [9.17, 15) is 4.79 Å². The zero-order chi connectivity index (χ0) is 11.1. The van der Waals surface area contributed by atoms with Crippen LogP contribution in [0.4, 0.5) is 0 Å². The van der Waals surface area contributed by atoms with Crippen LogP contribution in [0.3, 0.4) is 0 Å². The van der Waals surface area contributed by atoms with E-state index in [-0.39, 0.29) is 5.75 Å². The number of rotatable bonds is 6. The van der Waals surface area contributed by atoms with E-state index in [2.05, 4.69) is 19.1 Å². The molecule has 0 saturated carbocycles. The molecule has 1 rings (SSSR count). The van der Waals surface area contributed by atoms with Gasteiger partial charge in [0, 0.05) is 4.90 Å². The van der Waals surface area contributed by atoms with Crippen molar-refractivity contribution in [3.05, 3.63) is 29.8 Å². The van der Waals surface area contributed by atoms with Gasteiger partial charge >= 0.3 is 5.97 Å². The van der Waals surface area contributed by atoms with Gasteiger partial charge in [-0.2, -0.15) is 0 Å². The van der Waals surface area contributed by atoms with Crippen molar-refractivity contribution in [1.82, 2.24) is 0 Å². The molecule has 0 aliphatic carbocycles. The maximum Gasteiger partial charge on any atom is 0.314 e. The number of benzene rings is 1. The molecule has 0 aliphatic heterocycles. The molecule has 2 nitrogen and oxygen atoms in total. The zero-order valence-electron chi connectivity index (χ0n) is 8.00. The summed E-state index contributed by atoms with van der Waals surface area (Å²) in [5, 5.41) is 8.42. The first-order valence-electron chi connectivity index (χ1n) is 4.10. The summed E-state index contributed by atoms with van der Waals surface area (Å²) in [6.07, 6.45) is 0. The second-order valence-corrected chi connectivity index (χ2v) is 8.52. The first-order chi connectivity index (χ1) is 7.20. The quantitative estimate of drug-likeness (QED) is 0.623. The van der Waals surface area contributed by atoms with Crippen molar-refractivity contribution in [3.63, 3.8) is 0 Å². The molecule has 0 heterocycles. The topological polar surface area (TPSA) is 37.3 Å². The summed E-state index contributed by atoms with van der Waals surface area (Å²) < 4.78 is 0. The predicted octanol–water partition coefficient (Wildman–Crippen LogP) is 4.12. The Hall–Kier alpha value is 0.0900. The third kappa shape index (κ3) is 5.65. The summed E-state index contributed by atoms with van der Waals surface area (Å²) in [5.74, 6) is -0.625. The Kier molecular flexibility index (Phi) is 6.47. The fourth-order valence-electron chi connectivity index (χ4n) is 0.795. The van der Waals surface area contributed by atoms with Crippen molar-refractivity contribution >= 4 is 47.2 Å². The van der Waals surface area contributed by atoms with Crippen LogP contribution in [0.15, 0.2) is 29.2 Å². The first-order valence-corrected chi connectivity index (χ1v) is 9.09. The Balaban J connectivity index is 2.21. The van der Waals surface area contributed by atoms with Gasteiger partial charge in [0.05, 0.1) is 0 Å². The van der Waals surface area contributed by atoms with E-state index in [4.69, 9.17) is 5.11 Å². The molecule has 0 unspecified atom stereocenters. The second-order valence-electron chi connectivity index (χ2n) is 2.64. The average molecular weight is 278 g/mol. The summed E-state index contributed by atoms with van der Waals surface area (Å²) in [4.78, 5) is 11.5. The van der Waals surface area contributed by atoms with Crippen LogP contribution in [0.5, 0.6) is 0 Å². The fraction of sp³-hybridized carbons (Fsp3) is 0.222. The van der Waals surface area contributed by atoms with Gasteiger partial charge in [-0.15, -0.1) is 0 Å². The molecule has 82 valence electrons. The number of carboxylic acid groups (broad SMARTS) is 1. The molecule has 0 atom stereocenters. The number of aryl methyl sites for hydroxylation is 1. The molecule has 0 amide bonds. The molecule has 0 saturated heterocycles. The minimum absolute atomic E-state index is 0.145. The highest BCUT2D eigenvalue weighted by Crippen LogP contribution is 2.46. The van der Waals surface area contributed by atoms with E-state index < -0.39 is 5.97 Å². The Morgan fingerprint density at radius 2 is 2.07 bits per heavy atom. The molecule has 0 fully saturated rings. The van der Waals surface area contributed by atoms with Gasteiger partial charge in [-0.25, -0.2) is 0 Å². The molecule has 15 heavy (non-hydrogen) atoms. The van der Waals surface area contributed by atoms with Crippen LogP contribution >= 0.6 is 41.2 Å². The maximum atomic E-state index is 10.2. The van der Waals surface area contributed by atoms with E-state index in [1.54, 1.807) is 20.6 Å². The van der Waals surface area contributed by atoms with Crippen molar-refractivity contribution in [3.8, 4) is 0 Å². The minimum Gasteiger partial charge on any atom is -0.481 e. The van der Waals surface area contributed by atoms with Crippen LogP contribution in [0.2, 0.25) is 0 Å². The highest BCUT2D eigenvalue weighted by atomic mass is 33.7. The Bertz CT molecular complexity index is 330. The maximum absolute atomic E-state index is 10.2. The van der Waals surface area contributed by atoms with Crippen molar-refractivity contribution in [2.75, 3.05) is 5.75 Å². The SMILES string of the molecule is Cc1ccccc1SSSSCC(=O)O. The van der Waals surface area contributed by atoms with E-state index >= 15 is 0 Å². The molecular weight excluding hydrogens is 268 g/mol. The van der Waals surface area contributed by atoms with Crippen LogP contribution in [0, 0.1) is 6.92 Å². The van der Waals surface area contributed by atoms with Gasteiger partial charge in [0.25, 0.3) is 0 Å². The summed E-state index contributed by atoms with van der Waals surface area (Å²) in [6, 6.07) is 8.15. The van der Waals surface area contributed by atoms with Crippen LogP contribution in [0.1, 0.15) is 5.56 Å². The lowest BCUT2D eigenvalue weighted by Gasteiger charge is -2.02. The average Bonchev–Trinajstić information content (AvgIpc) is 2.20. The highest BCUT2D eigenvalue weighted by Gasteiger charge is 2.01. The standard InChI is InChI=1S/C9H10O2S4/c1-7-4-2-3-5-8(7)13-15-14-12-6-9(10)11/h2-5H,6H2,1H3,(H,10,11). The second kappa shape index (κ2) is 7.38. The summed E-state index contributed by atoms with van der Waals surface area (Å²) in [6.45, 7) is 2.07. The lowest BCUT2D eigenvalue weighted by molar-refractivity contribution is -0.133. The molecule has 0 bridgehead atoms.